The highest BCUT2D eigenvalue weighted by Gasteiger charge is 2.08. The van der Waals surface area contributed by atoms with Crippen molar-refractivity contribution in [2.24, 2.45) is 0 Å². The molecule has 0 atom stereocenters. The molecule has 0 saturated heterocycles. The van der Waals surface area contributed by atoms with Gasteiger partial charge in [0.1, 0.15) is 12.4 Å². The maximum atomic E-state index is 5.97. The van der Waals surface area contributed by atoms with Gasteiger partial charge >= 0.3 is 0 Å². The number of hydrogen-bond acceptors (Lipinski definition) is 1. The Balaban J connectivity index is 2.29. The van der Waals surface area contributed by atoms with Gasteiger partial charge in [-0.15, -0.1) is 0 Å². The molecule has 0 radical (unpaired) electrons. The molecule has 0 aliphatic carbocycles. The lowest BCUT2D eigenvalue weighted by Crippen LogP contribution is -2.00. The van der Waals surface area contributed by atoms with Crippen molar-refractivity contribution in [3.8, 4) is 5.75 Å². The molecular weight excluding hydrogens is 232 g/mol. The van der Waals surface area contributed by atoms with Crippen LogP contribution in [0.3, 0.4) is 0 Å². The van der Waals surface area contributed by atoms with Crippen molar-refractivity contribution in [3.05, 3.63) is 77.9 Å². The van der Waals surface area contributed by atoms with Crippen LogP contribution in [0, 0.1) is 6.92 Å². The molecule has 0 unspecified atom stereocenters. The van der Waals surface area contributed by atoms with Crippen LogP contribution in [0.4, 0.5) is 0 Å². The molecule has 0 aliphatic heterocycles. The fourth-order valence-corrected chi connectivity index (χ4v) is 2.03. The van der Waals surface area contributed by atoms with Crippen molar-refractivity contribution in [1.29, 1.82) is 0 Å². The first-order chi connectivity index (χ1) is 9.26. The molecule has 2 rings (SSSR count). The Hall–Kier alpha value is -2.28. The Morgan fingerprint density at radius 3 is 2.37 bits per heavy atom. The van der Waals surface area contributed by atoms with E-state index >= 15 is 0 Å². The lowest BCUT2D eigenvalue weighted by Gasteiger charge is -2.14. The zero-order chi connectivity index (χ0) is 13.7. The van der Waals surface area contributed by atoms with E-state index in [1.54, 1.807) is 0 Å². The van der Waals surface area contributed by atoms with Crippen molar-refractivity contribution in [2.45, 2.75) is 13.5 Å². The third-order valence-electron chi connectivity index (χ3n) is 3.08. The molecule has 1 nitrogen and oxygen atoms in total. The van der Waals surface area contributed by atoms with Crippen LogP contribution in [-0.4, -0.2) is 0 Å². The van der Waals surface area contributed by atoms with Crippen LogP contribution in [0.15, 0.2) is 55.6 Å². The first-order valence-electron chi connectivity index (χ1n) is 6.31. The van der Waals surface area contributed by atoms with Gasteiger partial charge in [-0.25, -0.2) is 0 Å². The average molecular weight is 250 g/mol. The van der Waals surface area contributed by atoms with Crippen LogP contribution in [0.5, 0.6) is 5.75 Å². The molecule has 96 valence electrons. The summed E-state index contributed by atoms with van der Waals surface area (Å²) in [6.07, 6.45) is 3.65. The standard InChI is InChI=1S/C18H18O/c1-4-16-12-11-14(3)18(17(16)5-2)19-13-15-9-7-6-8-10-15/h4-12H,1-2,13H2,3H3. The average Bonchev–Trinajstić information content (AvgIpc) is 2.46. The summed E-state index contributed by atoms with van der Waals surface area (Å²) in [7, 11) is 0. The molecule has 0 amide bonds. The second-order valence-electron chi connectivity index (χ2n) is 4.40. The van der Waals surface area contributed by atoms with Gasteiger partial charge in [0.2, 0.25) is 0 Å². The number of aryl methyl sites for hydroxylation is 1. The zero-order valence-corrected chi connectivity index (χ0v) is 11.2. The van der Waals surface area contributed by atoms with Crippen LogP contribution in [-0.2, 0) is 6.61 Å². The summed E-state index contributed by atoms with van der Waals surface area (Å²) in [5.74, 6) is 0.885. The zero-order valence-electron chi connectivity index (χ0n) is 11.2. The van der Waals surface area contributed by atoms with Gasteiger partial charge in [0, 0.05) is 5.56 Å². The molecule has 2 aromatic rings. The second-order valence-corrected chi connectivity index (χ2v) is 4.40. The van der Waals surface area contributed by atoms with E-state index in [-0.39, 0.29) is 0 Å². The molecule has 19 heavy (non-hydrogen) atoms. The quantitative estimate of drug-likeness (QED) is 0.736. The molecule has 0 bridgehead atoms. The largest absolute Gasteiger partial charge is 0.488 e. The van der Waals surface area contributed by atoms with Crippen molar-refractivity contribution in [3.63, 3.8) is 0 Å². The van der Waals surface area contributed by atoms with E-state index in [9.17, 15) is 0 Å². The van der Waals surface area contributed by atoms with E-state index in [0.717, 1.165) is 28.0 Å². The maximum absolute atomic E-state index is 5.97. The SMILES string of the molecule is C=Cc1ccc(C)c(OCc2ccccc2)c1C=C. The molecule has 0 fully saturated rings. The summed E-state index contributed by atoms with van der Waals surface area (Å²) in [5, 5.41) is 0. The monoisotopic (exact) mass is 250 g/mol. The predicted molar refractivity (Wildman–Crippen MR) is 82.1 cm³/mol. The molecule has 0 aromatic heterocycles. The number of ether oxygens (including phenoxy) is 1. The molecule has 0 heterocycles. The molecule has 1 heteroatoms. The van der Waals surface area contributed by atoms with E-state index in [4.69, 9.17) is 4.74 Å². The van der Waals surface area contributed by atoms with E-state index in [1.165, 1.54) is 0 Å². The van der Waals surface area contributed by atoms with Crippen molar-refractivity contribution in [1.82, 2.24) is 0 Å². The highest BCUT2D eigenvalue weighted by molar-refractivity contribution is 5.70. The van der Waals surface area contributed by atoms with E-state index in [0.29, 0.717) is 6.61 Å². The molecule has 2 aromatic carbocycles. The van der Waals surface area contributed by atoms with E-state index < -0.39 is 0 Å². The fourth-order valence-electron chi connectivity index (χ4n) is 2.03. The van der Waals surface area contributed by atoms with Gasteiger partial charge in [-0.1, -0.05) is 67.8 Å². The molecule has 0 aliphatic rings. The smallest absolute Gasteiger partial charge is 0.130 e. The van der Waals surface area contributed by atoms with Gasteiger partial charge in [-0.05, 0) is 23.6 Å². The van der Waals surface area contributed by atoms with Crippen LogP contribution >= 0.6 is 0 Å². The third-order valence-corrected chi connectivity index (χ3v) is 3.08. The topological polar surface area (TPSA) is 9.23 Å². The van der Waals surface area contributed by atoms with Gasteiger partial charge in [-0.3, -0.25) is 0 Å². The fraction of sp³-hybridized carbons (Fsp3) is 0.111. The summed E-state index contributed by atoms with van der Waals surface area (Å²) < 4.78 is 5.97. The van der Waals surface area contributed by atoms with Gasteiger partial charge < -0.3 is 4.74 Å². The van der Waals surface area contributed by atoms with E-state index in [2.05, 4.69) is 25.3 Å². The van der Waals surface area contributed by atoms with Crippen LogP contribution < -0.4 is 4.74 Å². The molecule has 0 N–H and O–H groups in total. The highest BCUT2D eigenvalue weighted by Crippen LogP contribution is 2.29. The summed E-state index contributed by atoms with van der Waals surface area (Å²) in [6, 6.07) is 14.2. The first-order valence-corrected chi connectivity index (χ1v) is 6.31. The first kappa shape index (κ1) is 13.2. The van der Waals surface area contributed by atoms with Gasteiger partial charge in [-0.2, -0.15) is 0 Å². The lowest BCUT2D eigenvalue weighted by molar-refractivity contribution is 0.303. The Morgan fingerprint density at radius 2 is 1.74 bits per heavy atom. The summed E-state index contributed by atoms with van der Waals surface area (Å²) in [6.45, 7) is 10.3. The predicted octanol–water partition coefficient (Wildman–Crippen LogP) is 4.86. The van der Waals surface area contributed by atoms with Crippen LogP contribution in [0.2, 0.25) is 0 Å². The normalized spacial score (nSPS) is 9.95. The Bertz CT molecular complexity index is 582. The van der Waals surface area contributed by atoms with Crippen molar-refractivity contribution >= 4 is 12.2 Å². The lowest BCUT2D eigenvalue weighted by atomic mass is 10.0. The molecule has 0 saturated carbocycles. The third kappa shape index (κ3) is 2.94. The van der Waals surface area contributed by atoms with Crippen LogP contribution in [0.25, 0.3) is 12.2 Å². The second kappa shape index (κ2) is 6.05. The number of benzene rings is 2. The van der Waals surface area contributed by atoms with Crippen LogP contribution in [0.1, 0.15) is 22.3 Å². The van der Waals surface area contributed by atoms with Gasteiger partial charge in [0.05, 0.1) is 0 Å². The number of rotatable bonds is 5. The highest BCUT2D eigenvalue weighted by atomic mass is 16.5. The van der Waals surface area contributed by atoms with E-state index in [1.807, 2.05) is 49.4 Å². The van der Waals surface area contributed by atoms with Gasteiger partial charge in [0.25, 0.3) is 0 Å². The number of hydrogen-bond donors (Lipinski definition) is 0. The Labute approximate surface area is 114 Å². The molecule has 0 spiro atoms. The van der Waals surface area contributed by atoms with Crippen molar-refractivity contribution < 1.29 is 4.74 Å². The molecular formula is C18H18O. The minimum absolute atomic E-state index is 0.559. The summed E-state index contributed by atoms with van der Waals surface area (Å²) in [5.41, 5.74) is 4.31. The van der Waals surface area contributed by atoms with Crippen molar-refractivity contribution in [2.75, 3.05) is 0 Å². The summed E-state index contributed by atoms with van der Waals surface area (Å²) >= 11 is 0. The summed E-state index contributed by atoms with van der Waals surface area (Å²) in [4.78, 5) is 0. The van der Waals surface area contributed by atoms with Gasteiger partial charge in [0.15, 0.2) is 0 Å². The minimum atomic E-state index is 0.559. The Morgan fingerprint density at radius 1 is 1.00 bits per heavy atom. The Kier molecular flexibility index (Phi) is 4.19. The minimum Gasteiger partial charge on any atom is -0.488 e. The maximum Gasteiger partial charge on any atom is 0.130 e.